The highest BCUT2D eigenvalue weighted by atomic mass is 16.5. The summed E-state index contributed by atoms with van der Waals surface area (Å²) in [7, 11) is 1.68. The minimum atomic E-state index is 0.853. The Balaban J connectivity index is 1.85. The minimum absolute atomic E-state index is 0.853. The molecule has 0 bridgehead atoms. The Labute approximate surface area is 151 Å². The highest BCUT2D eigenvalue weighted by Crippen LogP contribution is 2.36. The van der Waals surface area contributed by atoms with Gasteiger partial charge in [-0.1, -0.05) is 48.5 Å². The van der Waals surface area contributed by atoms with Crippen LogP contribution in [-0.4, -0.2) is 12.1 Å². The monoisotopic (exact) mass is 335 g/mol. The maximum absolute atomic E-state index is 5.26. The topological polar surface area (TPSA) is 22.1 Å². The molecule has 5 rings (SSSR count). The maximum Gasteiger partial charge on any atom is 0.118 e. The van der Waals surface area contributed by atoms with Crippen LogP contribution in [0, 0.1) is 0 Å². The summed E-state index contributed by atoms with van der Waals surface area (Å²) in [4.78, 5) is 4.75. The van der Waals surface area contributed by atoms with Crippen LogP contribution in [0.25, 0.3) is 43.6 Å². The smallest absolute Gasteiger partial charge is 0.118 e. The number of methoxy groups -OCH3 is 1. The Bertz CT molecular complexity index is 1220. The van der Waals surface area contributed by atoms with E-state index in [0.29, 0.717) is 0 Å². The lowest BCUT2D eigenvalue weighted by molar-refractivity contribution is 0.415. The number of ether oxygens (including phenoxy) is 1. The van der Waals surface area contributed by atoms with Crippen molar-refractivity contribution in [1.29, 1.82) is 0 Å². The Morgan fingerprint density at radius 3 is 1.73 bits per heavy atom. The summed E-state index contributed by atoms with van der Waals surface area (Å²) in [6, 6.07) is 27.4. The molecular formula is C24H17NO. The van der Waals surface area contributed by atoms with Crippen LogP contribution in [-0.2, 0) is 0 Å². The molecule has 26 heavy (non-hydrogen) atoms. The first-order valence-electron chi connectivity index (χ1n) is 8.69. The summed E-state index contributed by atoms with van der Waals surface area (Å²) in [5, 5.41) is 7.49. The van der Waals surface area contributed by atoms with Crippen LogP contribution in [0.2, 0.25) is 0 Å². The van der Waals surface area contributed by atoms with Crippen LogP contribution < -0.4 is 4.74 Å². The third-order valence-corrected chi connectivity index (χ3v) is 5.01. The number of hydrogen-bond acceptors (Lipinski definition) is 2. The van der Waals surface area contributed by atoms with Crippen molar-refractivity contribution in [1.82, 2.24) is 4.98 Å². The molecule has 4 aromatic carbocycles. The zero-order valence-corrected chi connectivity index (χ0v) is 14.4. The van der Waals surface area contributed by atoms with Gasteiger partial charge in [-0.15, -0.1) is 0 Å². The van der Waals surface area contributed by atoms with Gasteiger partial charge in [0.25, 0.3) is 0 Å². The van der Waals surface area contributed by atoms with E-state index in [1.807, 2.05) is 18.3 Å². The summed E-state index contributed by atoms with van der Waals surface area (Å²) >= 11 is 0. The van der Waals surface area contributed by atoms with Crippen molar-refractivity contribution in [2.45, 2.75) is 0 Å². The molecule has 5 aromatic rings. The summed E-state index contributed by atoms with van der Waals surface area (Å²) in [6.07, 6.45) is 2.00. The molecule has 0 spiro atoms. The second kappa shape index (κ2) is 5.85. The standard InChI is InChI=1S/C24H17NO/c1-26-17-12-10-16(11-13-17)24-14-22-20-8-4-2-6-18(20)19-7-3-5-9-21(19)23(22)15-25-24/h2-15H,1H3. The summed E-state index contributed by atoms with van der Waals surface area (Å²) in [5.74, 6) is 0.853. The van der Waals surface area contributed by atoms with Crippen molar-refractivity contribution in [3.05, 3.63) is 85.1 Å². The van der Waals surface area contributed by atoms with Crippen LogP contribution in [0.4, 0.5) is 0 Å². The molecule has 0 fully saturated rings. The molecule has 2 heteroatoms. The molecule has 1 heterocycles. The number of rotatable bonds is 2. The molecule has 0 saturated heterocycles. The van der Waals surface area contributed by atoms with E-state index in [0.717, 1.165) is 17.0 Å². The van der Waals surface area contributed by atoms with Gasteiger partial charge in [-0.3, -0.25) is 4.98 Å². The number of benzene rings is 4. The SMILES string of the molecule is COc1ccc(-c2cc3c4ccccc4c4ccccc4c3cn2)cc1. The van der Waals surface area contributed by atoms with Gasteiger partial charge in [0.15, 0.2) is 0 Å². The molecule has 0 N–H and O–H groups in total. The molecule has 0 unspecified atom stereocenters. The molecule has 0 amide bonds. The van der Waals surface area contributed by atoms with Gasteiger partial charge in [-0.05, 0) is 57.3 Å². The third-order valence-electron chi connectivity index (χ3n) is 5.01. The Hall–Kier alpha value is -3.39. The number of nitrogens with zero attached hydrogens (tertiary/aromatic N) is 1. The largest absolute Gasteiger partial charge is 0.497 e. The highest BCUT2D eigenvalue weighted by molar-refractivity contribution is 6.25. The van der Waals surface area contributed by atoms with Gasteiger partial charge in [-0.2, -0.15) is 0 Å². The first-order valence-corrected chi connectivity index (χ1v) is 8.69. The van der Waals surface area contributed by atoms with E-state index in [2.05, 4.69) is 66.7 Å². The Morgan fingerprint density at radius 1 is 0.615 bits per heavy atom. The van der Waals surface area contributed by atoms with Crippen LogP contribution in [0.3, 0.4) is 0 Å². The summed E-state index contributed by atoms with van der Waals surface area (Å²) in [5.41, 5.74) is 2.06. The lowest BCUT2D eigenvalue weighted by atomic mass is 9.94. The summed E-state index contributed by atoms with van der Waals surface area (Å²) < 4.78 is 5.26. The maximum atomic E-state index is 5.26. The van der Waals surface area contributed by atoms with E-state index in [9.17, 15) is 0 Å². The summed E-state index contributed by atoms with van der Waals surface area (Å²) in [6.45, 7) is 0. The first-order chi connectivity index (χ1) is 12.8. The number of pyridine rings is 1. The molecular weight excluding hydrogens is 318 g/mol. The van der Waals surface area contributed by atoms with Crippen molar-refractivity contribution < 1.29 is 4.74 Å². The number of aromatic nitrogens is 1. The van der Waals surface area contributed by atoms with E-state index in [1.165, 1.54) is 32.3 Å². The predicted octanol–water partition coefficient (Wildman–Crippen LogP) is 6.22. The van der Waals surface area contributed by atoms with Crippen molar-refractivity contribution in [3.63, 3.8) is 0 Å². The van der Waals surface area contributed by atoms with E-state index in [1.54, 1.807) is 7.11 Å². The van der Waals surface area contributed by atoms with E-state index in [4.69, 9.17) is 9.72 Å². The van der Waals surface area contributed by atoms with Gasteiger partial charge in [0, 0.05) is 17.1 Å². The van der Waals surface area contributed by atoms with Crippen LogP contribution in [0.1, 0.15) is 0 Å². The number of fused-ring (bicyclic) bond motifs is 6. The average Bonchev–Trinajstić information content (AvgIpc) is 2.74. The zero-order valence-electron chi connectivity index (χ0n) is 14.4. The van der Waals surface area contributed by atoms with E-state index >= 15 is 0 Å². The molecule has 0 atom stereocenters. The normalized spacial score (nSPS) is 11.3. The van der Waals surface area contributed by atoms with Gasteiger partial charge in [0.05, 0.1) is 12.8 Å². The van der Waals surface area contributed by atoms with Gasteiger partial charge in [0.2, 0.25) is 0 Å². The predicted molar refractivity (Wildman–Crippen MR) is 109 cm³/mol. The molecule has 0 radical (unpaired) electrons. The second-order valence-corrected chi connectivity index (χ2v) is 6.43. The van der Waals surface area contributed by atoms with Gasteiger partial charge < -0.3 is 4.74 Å². The zero-order chi connectivity index (χ0) is 17.5. The van der Waals surface area contributed by atoms with E-state index in [-0.39, 0.29) is 0 Å². The quantitative estimate of drug-likeness (QED) is 0.357. The van der Waals surface area contributed by atoms with Gasteiger partial charge in [0.1, 0.15) is 5.75 Å². The van der Waals surface area contributed by atoms with Crippen LogP contribution >= 0.6 is 0 Å². The van der Waals surface area contributed by atoms with Gasteiger partial charge >= 0.3 is 0 Å². The molecule has 0 saturated carbocycles. The van der Waals surface area contributed by atoms with Crippen molar-refractivity contribution >= 4 is 32.3 Å². The molecule has 2 nitrogen and oxygen atoms in total. The molecule has 0 aliphatic heterocycles. The fourth-order valence-electron chi connectivity index (χ4n) is 3.72. The molecule has 0 aliphatic carbocycles. The van der Waals surface area contributed by atoms with E-state index < -0.39 is 0 Å². The van der Waals surface area contributed by atoms with Crippen LogP contribution in [0.5, 0.6) is 5.75 Å². The van der Waals surface area contributed by atoms with Crippen molar-refractivity contribution in [2.75, 3.05) is 7.11 Å². The highest BCUT2D eigenvalue weighted by Gasteiger charge is 2.10. The minimum Gasteiger partial charge on any atom is -0.497 e. The lowest BCUT2D eigenvalue weighted by Crippen LogP contribution is -1.88. The van der Waals surface area contributed by atoms with Crippen molar-refractivity contribution in [3.8, 4) is 17.0 Å². The lowest BCUT2D eigenvalue weighted by Gasteiger charge is -2.11. The molecule has 1 aromatic heterocycles. The Kier molecular flexibility index (Phi) is 3.36. The van der Waals surface area contributed by atoms with Gasteiger partial charge in [-0.25, -0.2) is 0 Å². The average molecular weight is 335 g/mol. The fraction of sp³-hybridized carbons (Fsp3) is 0.0417. The molecule has 0 aliphatic rings. The van der Waals surface area contributed by atoms with Crippen molar-refractivity contribution in [2.24, 2.45) is 0 Å². The van der Waals surface area contributed by atoms with Crippen LogP contribution in [0.15, 0.2) is 85.1 Å². The number of hydrogen-bond donors (Lipinski definition) is 0. The second-order valence-electron chi connectivity index (χ2n) is 6.43. The Morgan fingerprint density at radius 2 is 1.15 bits per heavy atom. The third kappa shape index (κ3) is 2.23. The molecule has 124 valence electrons. The first kappa shape index (κ1) is 14.9. The fourth-order valence-corrected chi connectivity index (χ4v) is 3.72.